The maximum Gasteiger partial charge on any atom is 0.262 e. The van der Waals surface area contributed by atoms with Gasteiger partial charge in [0.15, 0.2) is 13.2 Å². The second-order valence-corrected chi connectivity index (χ2v) is 5.20. The van der Waals surface area contributed by atoms with Gasteiger partial charge in [-0.15, -0.1) is 0 Å². The lowest BCUT2D eigenvalue weighted by molar-refractivity contribution is -0.119. The van der Waals surface area contributed by atoms with Crippen LogP contribution >= 0.6 is 0 Å². The van der Waals surface area contributed by atoms with E-state index in [1.807, 2.05) is 31.2 Å². The number of fused-ring (bicyclic) bond motifs is 1. The van der Waals surface area contributed by atoms with Gasteiger partial charge in [-0.1, -0.05) is 17.7 Å². The standard InChI is InChI=1S/C17H16N2O4/c1-11-2-5-13(6-3-11)22-9-16(20)18-12-4-7-14-15(8-12)23-10-17(21)19-14/h2-8H,9-10H2,1H3,(H,18,20)(H,19,21). The Morgan fingerprint density at radius 3 is 2.83 bits per heavy atom. The average Bonchev–Trinajstić information content (AvgIpc) is 2.54. The molecular weight excluding hydrogens is 296 g/mol. The monoisotopic (exact) mass is 312 g/mol. The van der Waals surface area contributed by atoms with E-state index >= 15 is 0 Å². The Labute approximate surface area is 133 Å². The molecule has 0 bridgehead atoms. The lowest BCUT2D eigenvalue weighted by Crippen LogP contribution is -2.25. The molecule has 6 heteroatoms. The largest absolute Gasteiger partial charge is 0.484 e. The van der Waals surface area contributed by atoms with Crippen LogP contribution in [0.2, 0.25) is 0 Å². The normalized spacial score (nSPS) is 12.7. The highest BCUT2D eigenvalue weighted by Crippen LogP contribution is 2.30. The van der Waals surface area contributed by atoms with Gasteiger partial charge in [-0.25, -0.2) is 0 Å². The molecule has 0 fully saturated rings. The third-order valence-corrected chi connectivity index (χ3v) is 3.29. The predicted octanol–water partition coefficient (Wildman–Crippen LogP) is 2.34. The van der Waals surface area contributed by atoms with Crippen LogP contribution in [0.25, 0.3) is 0 Å². The number of aryl methyl sites for hydroxylation is 1. The first-order valence-electron chi connectivity index (χ1n) is 7.16. The molecule has 2 aromatic rings. The third-order valence-electron chi connectivity index (χ3n) is 3.29. The van der Waals surface area contributed by atoms with Crippen LogP contribution in [0.4, 0.5) is 11.4 Å². The van der Waals surface area contributed by atoms with Gasteiger partial charge in [-0.3, -0.25) is 9.59 Å². The molecule has 2 amide bonds. The molecule has 0 aliphatic carbocycles. The first-order chi connectivity index (χ1) is 11.1. The van der Waals surface area contributed by atoms with Crippen LogP contribution in [-0.4, -0.2) is 25.0 Å². The minimum atomic E-state index is -0.273. The molecule has 0 spiro atoms. The van der Waals surface area contributed by atoms with Gasteiger partial charge in [-0.05, 0) is 31.2 Å². The molecular formula is C17H16N2O4. The Kier molecular flexibility index (Phi) is 4.14. The lowest BCUT2D eigenvalue weighted by Gasteiger charge is -2.18. The summed E-state index contributed by atoms with van der Waals surface area (Å²) in [7, 11) is 0. The van der Waals surface area contributed by atoms with Crippen LogP contribution in [0.15, 0.2) is 42.5 Å². The van der Waals surface area contributed by atoms with Crippen LogP contribution in [-0.2, 0) is 9.59 Å². The fraction of sp³-hybridized carbons (Fsp3) is 0.176. The van der Waals surface area contributed by atoms with E-state index in [0.29, 0.717) is 22.9 Å². The highest BCUT2D eigenvalue weighted by atomic mass is 16.5. The van der Waals surface area contributed by atoms with Gasteiger partial charge in [-0.2, -0.15) is 0 Å². The molecule has 2 N–H and O–H groups in total. The van der Waals surface area contributed by atoms with E-state index < -0.39 is 0 Å². The number of anilines is 2. The zero-order chi connectivity index (χ0) is 16.2. The second-order valence-electron chi connectivity index (χ2n) is 5.20. The smallest absolute Gasteiger partial charge is 0.262 e. The zero-order valence-electron chi connectivity index (χ0n) is 12.6. The Bertz CT molecular complexity index is 741. The maximum absolute atomic E-state index is 11.9. The summed E-state index contributed by atoms with van der Waals surface area (Å²) in [5.74, 6) is 0.704. The van der Waals surface area contributed by atoms with Crippen LogP contribution in [0.3, 0.4) is 0 Å². The zero-order valence-corrected chi connectivity index (χ0v) is 12.6. The summed E-state index contributed by atoms with van der Waals surface area (Å²) in [6.07, 6.45) is 0. The van der Waals surface area contributed by atoms with Crippen LogP contribution in [0, 0.1) is 6.92 Å². The number of ether oxygens (including phenoxy) is 2. The number of hydrogen-bond acceptors (Lipinski definition) is 4. The first-order valence-corrected chi connectivity index (χ1v) is 7.16. The minimum absolute atomic E-state index is 0.0269. The van der Waals surface area contributed by atoms with Gasteiger partial charge in [0.2, 0.25) is 0 Å². The quantitative estimate of drug-likeness (QED) is 0.908. The number of amides is 2. The Balaban J connectivity index is 1.57. The topological polar surface area (TPSA) is 76.7 Å². The van der Waals surface area contributed by atoms with E-state index in [4.69, 9.17) is 9.47 Å². The van der Waals surface area contributed by atoms with Gasteiger partial charge in [0, 0.05) is 11.8 Å². The van der Waals surface area contributed by atoms with Crippen molar-refractivity contribution in [1.29, 1.82) is 0 Å². The van der Waals surface area contributed by atoms with Crippen molar-refractivity contribution in [3.05, 3.63) is 48.0 Å². The molecule has 0 saturated heterocycles. The third kappa shape index (κ3) is 3.79. The van der Waals surface area contributed by atoms with Gasteiger partial charge in [0.1, 0.15) is 11.5 Å². The average molecular weight is 312 g/mol. The van der Waals surface area contributed by atoms with Gasteiger partial charge >= 0.3 is 0 Å². The Morgan fingerprint density at radius 2 is 2.04 bits per heavy atom. The van der Waals surface area contributed by atoms with Crippen molar-refractivity contribution in [3.63, 3.8) is 0 Å². The molecule has 1 heterocycles. The van der Waals surface area contributed by atoms with Gasteiger partial charge in [0.05, 0.1) is 5.69 Å². The van der Waals surface area contributed by atoms with E-state index in [2.05, 4.69) is 10.6 Å². The lowest BCUT2D eigenvalue weighted by atomic mass is 10.2. The molecule has 6 nitrogen and oxygen atoms in total. The molecule has 0 aromatic heterocycles. The summed E-state index contributed by atoms with van der Waals surface area (Å²) in [6.45, 7) is 1.87. The number of hydrogen-bond donors (Lipinski definition) is 2. The molecule has 3 rings (SSSR count). The first kappa shape index (κ1) is 14.9. The molecule has 1 aliphatic rings. The van der Waals surface area contributed by atoms with Crippen molar-refractivity contribution >= 4 is 23.2 Å². The van der Waals surface area contributed by atoms with Crippen molar-refractivity contribution in [2.75, 3.05) is 23.8 Å². The summed E-state index contributed by atoms with van der Waals surface area (Å²) in [5.41, 5.74) is 2.30. The van der Waals surface area contributed by atoms with Crippen molar-refractivity contribution in [2.45, 2.75) is 6.92 Å². The fourth-order valence-electron chi connectivity index (χ4n) is 2.13. The predicted molar refractivity (Wildman–Crippen MR) is 85.9 cm³/mol. The Hall–Kier alpha value is -3.02. The van der Waals surface area contributed by atoms with E-state index in [1.165, 1.54) is 0 Å². The van der Waals surface area contributed by atoms with E-state index in [-0.39, 0.29) is 25.0 Å². The van der Waals surface area contributed by atoms with Crippen molar-refractivity contribution in [2.24, 2.45) is 0 Å². The van der Waals surface area contributed by atoms with E-state index in [0.717, 1.165) is 5.56 Å². The molecule has 0 radical (unpaired) electrons. The van der Waals surface area contributed by atoms with Crippen LogP contribution < -0.4 is 20.1 Å². The molecule has 1 aliphatic heterocycles. The summed E-state index contributed by atoms with van der Waals surface area (Å²) in [4.78, 5) is 23.1. The summed E-state index contributed by atoms with van der Waals surface area (Å²) in [6, 6.07) is 12.5. The van der Waals surface area contributed by atoms with Crippen LogP contribution in [0.1, 0.15) is 5.56 Å². The fourth-order valence-corrected chi connectivity index (χ4v) is 2.13. The Morgan fingerprint density at radius 1 is 1.26 bits per heavy atom. The van der Waals surface area contributed by atoms with E-state index in [9.17, 15) is 9.59 Å². The minimum Gasteiger partial charge on any atom is -0.484 e. The number of rotatable bonds is 4. The molecule has 0 saturated carbocycles. The molecule has 2 aromatic carbocycles. The summed E-state index contributed by atoms with van der Waals surface area (Å²) < 4.78 is 10.7. The van der Waals surface area contributed by atoms with E-state index in [1.54, 1.807) is 18.2 Å². The number of carbonyl (C=O) groups is 2. The molecule has 0 atom stereocenters. The highest BCUT2D eigenvalue weighted by Gasteiger charge is 2.16. The number of benzene rings is 2. The number of nitrogens with one attached hydrogen (secondary N) is 2. The maximum atomic E-state index is 11.9. The van der Waals surface area contributed by atoms with Gasteiger partial charge < -0.3 is 20.1 Å². The molecule has 23 heavy (non-hydrogen) atoms. The van der Waals surface area contributed by atoms with Crippen molar-refractivity contribution in [3.8, 4) is 11.5 Å². The number of carbonyl (C=O) groups excluding carboxylic acids is 2. The van der Waals surface area contributed by atoms with Crippen molar-refractivity contribution < 1.29 is 19.1 Å². The van der Waals surface area contributed by atoms with Gasteiger partial charge in [0.25, 0.3) is 11.8 Å². The van der Waals surface area contributed by atoms with Crippen LogP contribution in [0.5, 0.6) is 11.5 Å². The van der Waals surface area contributed by atoms with Crippen molar-refractivity contribution in [1.82, 2.24) is 0 Å². The molecule has 118 valence electrons. The second kappa shape index (κ2) is 6.39. The summed E-state index contributed by atoms with van der Waals surface area (Å²) >= 11 is 0. The summed E-state index contributed by atoms with van der Waals surface area (Å²) in [5, 5.41) is 5.42. The molecule has 0 unspecified atom stereocenters. The SMILES string of the molecule is Cc1ccc(OCC(=O)Nc2ccc3c(c2)OCC(=O)N3)cc1. The highest BCUT2D eigenvalue weighted by molar-refractivity contribution is 5.97.